The summed E-state index contributed by atoms with van der Waals surface area (Å²) in [5, 5.41) is 12.3. The first-order chi connectivity index (χ1) is 4.38. The number of hydrogen-bond acceptors (Lipinski definition) is 3. The first kappa shape index (κ1) is 4.49. The van der Waals surface area contributed by atoms with Crippen LogP contribution < -0.4 is 5.32 Å². The molecule has 0 saturated carbocycles. The van der Waals surface area contributed by atoms with Crippen molar-refractivity contribution in [2.75, 3.05) is 0 Å². The van der Waals surface area contributed by atoms with Gasteiger partial charge in [0, 0.05) is 0 Å². The zero-order valence-corrected chi connectivity index (χ0v) is 4.51. The highest BCUT2D eigenvalue weighted by molar-refractivity contribution is 5.95. The summed E-state index contributed by atoms with van der Waals surface area (Å²) in [6.07, 6.45) is 0. The summed E-state index contributed by atoms with van der Waals surface area (Å²) < 4.78 is 0. The molecule has 0 fully saturated rings. The minimum atomic E-state index is -0.140. The molecule has 0 spiro atoms. The second-order valence-corrected chi connectivity index (χ2v) is 1.80. The smallest absolute Gasteiger partial charge is 0.274 e. The minimum Gasteiger partial charge on any atom is -0.345 e. The van der Waals surface area contributed by atoms with Gasteiger partial charge in [-0.15, -0.1) is 0 Å². The number of aromatic nitrogens is 3. The Labute approximate surface area is 50.5 Å². The normalized spacial score (nSPS) is 15.3. The lowest BCUT2D eigenvalue weighted by atomic mass is 10.4. The lowest BCUT2D eigenvalue weighted by Crippen LogP contribution is -2.14. The van der Waals surface area contributed by atoms with Crippen molar-refractivity contribution in [2.24, 2.45) is 0 Å². The Morgan fingerprint density at radius 3 is 3.11 bits per heavy atom. The lowest BCUT2D eigenvalue weighted by molar-refractivity contribution is 0.0960. The van der Waals surface area contributed by atoms with Crippen LogP contribution in [0.4, 0.5) is 0 Å². The predicted molar refractivity (Wildman–Crippen MR) is 27.6 cm³/mol. The first-order valence-electron chi connectivity index (χ1n) is 2.56. The van der Waals surface area contributed by atoms with Gasteiger partial charge in [-0.05, 0) is 0 Å². The molecule has 1 aromatic rings. The molecule has 1 aromatic heterocycles. The predicted octanol–water partition coefficient (Wildman–Crippen LogP) is -0.952. The van der Waals surface area contributed by atoms with E-state index in [1.807, 2.05) is 0 Å². The molecular weight excluding hydrogens is 120 g/mol. The van der Waals surface area contributed by atoms with Gasteiger partial charge in [0.05, 0.1) is 6.54 Å². The van der Waals surface area contributed by atoms with Crippen LogP contribution in [0.2, 0.25) is 0 Å². The molecule has 46 valence electrons. The van der Waals surface area contributed by atoms with E-state index < -0.39 is 0 Å². The maximum Gasteiger partial charge on any atom is 0.274 e. The molecule has 0 aromatic carbocycles. The van der Waals surface area contributed by atoms with E-state index in [0.717, 1.165) is 0 Å². The van der Waals surface area contributed by atoms with E-state index >= 15 is 0 Å². The average molecular weight is 124 g/mol. The van der Waals surface area contributed by atoms with Gasteiger partial charge in [-0.1, -0.05) is 0 Å². The number of aromatic amines is 1. The molecule has 0 aliphatic carbocycles. The van der Waals surface area contributed by atoms with Crippen LogP contribution in [-0.2, 0) is 6.54 Å². The number of H-pyrrole nitrogens is 1. The van der Waals surface area contributed by atoms with Gasteiger partial charge in [0.25, 0.3) is 5.91 Å². The molecule has 0 unspecified atom stereocenters. The third-order valence-corrected chi connectivity index (χ3v) is 1.25. The Morgan fingerprint density at radius 2 is 2.33 bits per heavy atom. The molecule has 2 heterocycles. The van der Waals surface area contributed by atoms with Gasteiger partial charge in [-0.3, -0.25) is 4.79 Å². The Balaban J connectivity index is 2.61. The molecule has 9 heavy (non-hydrogen) atoms. The lowest BCUT2D eigenvalue weighted by Gasteiger charge is -1.83. The van der Waals surface area contributed by atoms with E-state index in [9.17, 15) is 4.79 Å². The number of hydrogen-bond donors (Lipinski definition) is 2. The largest absolute Gasteiger partial charge is 0.345 e. The third-order valence-electron chi connectivity index (χ3n) is 1.25. The van der Waals surface area contributed by atoms with E-state index in [2.05, 4.69) is 20.7 Å². The Hall–Kier alpha value is -1.39. The van der Waals surface area contributed by atoms with Crippen LogP contribution in [0.5, 0.6) is 0 Å². The van der Waals surface area contributed by atoms with Gasteiger partial charge >= 0.3 is 0 Å². The van der Waals surface area contributed by atoms with Crippen molar-refractivity contribution in [3.05, 3.63) is 11.4 Å². The average Bonchev–Trinajstić information content (AvgIpc) is 2.35. The van der Waals surface area contributed by atoms with E-state index in [1.54, 1.807) is 0 Å². The SMILES string of the molecule is O=C1NCc2n[nH]nc21. The van der Waals surface area contributed by atoms with Gasteiger partial charge in [0.1, 0.15) is 5.69 Å². The van der Waals surface area contributed by atoms with E-state index in [-0.39, 0.29) is 5.91 Å². The van der Waals surface area contributed by atoms with Crippen molar-refractivity contribution in [1.29, 1.82) is 0 Å². The van der Waals surface area contributed by atoms with E-state index in [4.69, 9.17) is 0 Å². The van der Waals surface area contributed by atoms with Crippen LogP contribution in [0.3, 0.4) is 0 Å². The van der Waals surface area contributed by atoms with E-state index in [0.29, 0.717) is 17.9 Å². The van der Waals surface area contributed by atoms with Crippen LogP contribution in [0.1, 0.15) is 16.2 Å². The third kappa shape index (κ3) is 0.453. The van der Waals surface area contributed by atoms with Gasteiger partial charge in [0.15, 0.2) is 5.69 Å². The Morgan fingerprint density at radius 1 is 1.44 bits per heavy atom. The molecule has 0 saturated heterocycles. The van der Waals surface area contributed by atoms with Crippen LogP contribution in [0, 0.1) is 0 Å². The van der Waals surface area contributed by atoms with Crippen LogP contribution >= 0.6 is 0 Å². The zero-order chi connectivity index (χ0) is 6.27. The summed E-state index contributed by atoms with van der Waals surface area (Å²) in [5.74, 6) is -0.140. The number of amides is 1. The summed E-state index contributed by atoms with van der Waals surface area (Å²) in [6, 6.07) is 0. The highest BCUT2D eigenvalue weighted by atomic mass is 16.2. The second kappa shape index (κ2) is 1.31. The number of nitrogens with zero attached hydrogens (tertiary/aromatic N) is 2. The standard InChI is InChI=1S/C4H4N4O/c9-4-3-2(1-5-4)6-8-7-3/h1H2,(H,5,9)(H,6,7,8). The van der Waals surface area contributed by atoms with E-state index in [1.165, 1.54) is 0 Å². The van der Waals surface area contributed by atoms with Crippen LogP contribution in [-0.4, -0.2) is 21.3 Å². The Bertz CT molecular complexity index is 253. The number of carbonyl (C=O) groups excluding carboxylic acids is 1. The van der Waals surface area contributed by atoms with Crippen molar-refractivity contribution in [1.82, 2.24) is 20.7 Å². The topological polar surface area (TPSA) is 70.7 Å². The fraction of sp³-hybridized carbons (Fsp3) is 0.250. The summed E-state index contributed by atoms with van der Waals surface area (Å²) in [5.41, 5.74) is 1.13. The van der Waals surface area contributed by atoms with Gasteiger partial charge in [0.2, 0.25) is 0 Å². The highest BCUT2D eigenvalue weighted by Gasteiger charge is 2.22. The maximum atomic E-state index is 10.7. The number of rotatable bonds is 0. The monoisotopic (exact) mass is 124 g/mol. The maximum absolute atomic E-state index is 10.7. The van der Waals surface area contributed by atoms with Gasteiger partial charge in [-0.2, -0.15) is 15.4 Å². The molecule has 0 atom stereocenters. The van der Waals surface area contributed by atoms with Crippen molar-refractivity contribution in [2.45, 2.75) is 6.54 Å². The van der Waals surface area contributed by atoms with Crippen LogP contribution in [0.25, 0.3) is 0 Å². The van der Waals surface area contributed by atoms with Crippen LogP contribution in [0.15, 0.2) is 0 Å². The van der Waals surface area contributed by atoms with Crippen molar-refractivity contribution in [3.8, 4) is 0 Å². The summed E-state index contributed by atoms with van der Waals surface area (Å²) in [4.78, 5) is 10.7. The second-order valence-electron chi connectivity index (χ2n) is 1.80. The number of fused-ring (bicyclic) bond motifs is 1. The van der Waals surface area contributed by atoms with Crippen molar-refractivity contribution < 1.29 is 4.79 Å². The fourth-order valence-corrected chi connectivity index (χ4v) is 0.806. The molecule has 1 aliphatic heterocycles. The molecular formula is C4H4N4O. The van der Waals surface area contributed by atoms with Crippen molar-refractivity contribution in [3.63, 3.8) is 0 Å². The highest BCUT2D eigenvalue weighted by Crippen LogP contribution is 2.06. The zero-order valence-electron chi connectivity index (χ0n) is 4.51. The number of carbonyl (C=O) groups is 1. The molecule has 2 N–H and O–H groups in total. The minimum absolute atomic E-state index is 0.140. The molecule has 2 rings (SSSR count). The summed E-state index contributed by atoms with van der Waals surface area (Å²) in [7, 11) is 0. The molecule has 1 amide bonds. The molecule has 5 nitrogen and oxygen atoms in total. The van der Waals surface area contributed by atoms with Gasteiger partial charge in [-0.25, -0.2) is 0 Å². The summed E-state index contributed by atoms with van der Waals surface area (Å²) in [6.45, 7) is 0.505. The first-order valence-corrected chi connectivity index (χ1v) is 2.56. The van der Waals surface area contributed by atoms with Gasteiger partial charge < -0.3 is 5.32 Å². The quantitative estimate of drug-likeness (QED) is 0.468. The van der Waals surface area contributed by atoms with Crippen molar-refractivity contribution >= 4 is 5.91 Å². The molecule has 1 aliphatic rings. The fourth-order valence-electron chi connectivity index (χ4n) is 0.806. The molecule has 0 bridgehead atoms. The Kier molecular flexibility index (Phi) is 0.652. The molecule has 0 radical (unpaired) electrons. The summed E-state index contributed by atoms with van der Waals surface area (Å²) >= 11 is 0. The molecule has 5 heteroatoms. The number of nitrogens with one attached hydrogen (secondary N) is 2.